The predicted molar refractivity (Wildman–Crippen MR) is 95.9 cm³/mol. The van der Waals surface area contributed by atoms with Gasteiger partial charge in [0.2, 0.25) is 0 Å². The maximum atomic E-state index is 8.88. The Morgan fingerprint density at radius 2 is 1.50 bits per heavy atom. The van der Waals surface area contributed by atoms with Crippen LogP contribution < -0.4 is 0 Å². The van der Waals surface area contributed by atoms with Crippen molar-refractivity contribution in [1.82, 2.24) is 0 Å². The standard InChI is InChI=1S/C8H18O3.C5H5.2CO.CH3.Mn.H3O3P/c1-2-3-4-8(5-9,6-10)7-11;1-2-4-5-3-1;2*1-2;;;1-4(2)3/h9-11H,2-7H2,1H3;1-3H,4H2;;;1H3;;1-3H. The number of aliphatic hydroxyl groups excluding tert-OH is 3. The molecule has 0 saturated heterocycles. The van der Waals surface area contributed by atoms with Crippen LogP contribution in [-0.4, -0.2) is 63.4 Å². The van der Waals surface area contributed by atoms with Crippen molar-refractivity contribution in [3.05, 3.63) is 22.7 Å². The number of hydrogen-bond acceptors (Lipinski definition) is 8. The molecule has 0 amide bonds. The molecule has 153 valence electrons. The minimum absolute atomic E-state index is 0.139. The zero-order valence-corrected chi connectivity index (χ0v) is 17.1. The first-order valence-corrected chi connectivity index (χ1v) is 10.3. The number of rotatable bonds is 7. The monoisotopic (exact) mass is 435 g/mol. The van der Waals surface area contributed by atoms with Crippen molar-refractivity contribution in [2.24, 2.45) is 5.41 Å². The van der Waals surface area contributed by atoms with Crippen LogP contribution in [0, 0.1) is 5.41 Å². The summed E-state index contributed by atoms with van der Waals surface area (Å²) < 4.78 is 1.59. The molecule has 26 heavy (non-hydrogen) atoms. The first-order chi connectivity index (χ1) is 12.4. The summed E-state index contributed by atoms with van der Waals surface area (Å²) in [6, 6.07) is 0. The molecule has 1 aliphatic carbocycles. The van der Waals surface area contributed by atoms with E-state index in [0.717, 1.165) is 27.8 Å². The van der Waals surface area contributed by atoms with Crippen LogP contribution in [0.2, 0.25) is 5.82 Å². The van der Waals surface area contributed by atoms with Crippen LogP contribution in [0.5, 0.6) is 0 Å². The molecule has 0 spiro atoms. The van der Waals surface area contributed by atoms with Crippen LogP contribution in [0.15, 0.2) is 22.7 Å². The van der Waals surface area contributed by atoms with E-state index in [-0.39, 0.29) is 19.8 Å². The molecule has 0 heterocycles. The molecule has 6 N–H and O–H groups in total. The summed E-state index contributed by atoms with van der Waals surface area (Å²) in [5.74, 6) is 2.22. The number of unbranched alkanes of at least 4 members (excludes halogenated alkanes) is 1. The van der Waals surface area contributed by atoms with Crippen LogP contribution in [-0.2, 0) is 24.5 Å². The van der Waals surface area contributed by atoms with Crippen LogP contribution in [0.3, 0.4) is 0 Å². The maximum absolute atomic E-state index is 8.88. The Labute approximate surface area is 163 Å². The summed E-state index contributed by atoms with van der Waals surface area (Å²) in [6.07, 6.45) is 10.4. The number of carbonyl (C=O) groups excluding carboxylic acids is 2. The first kappa shape index (κ1) is 33.1. The van der Waals surface area contributed by atoms with Gasteiger partial charge in [-0.1, -0.05) is 19.8 Å². The third-order valence-corrected chi connectivity index (χ3v) is 4.23. The van der Waals surface area contributed by atoms with E-state index < -0.39 is 14.0 Å². The van der Waals surface area contributed by atoms with Gasteiger partial charge in [0.25, 0.3) is 13.6 Å². The van der Waals surface area contributed by atoms with Gasteiger partial charge in [0.1, 0.15) is 0 Å². The third kappa shape index (κ3) is 23.5. The number of aliphatic hydroxyl groups is 3. The van der Waals surface area contributed by atoms with Gasteiger partial charge in [-0.2, -0.15) is 0 Å². The Balaban J connectivity index is -0.000000138. The average Bonchev–Trinajstić information content (AvgIpc) is 3.21. The normalized spacial score (nSPS) is 11.5. The Morgan fingerprint density at radius 1 is 1.08 bits per heavy atom. The van der Waals surface area contributed by atoms with Crippen molar-refractivity contribution in [2.75, 3.05) is 19.8 Å². The van der Waals surface area contributed by atoms with Crippen molar-refractivity contribution < 1.29 is 54.5 Å². The molecule has 0 unspecified atom stereocenters. The van der Waals surface area contributed by atoms with Crippen molar-refractivity contribution in [3.8, 4) is 0 Å². The van der Waals surface area contributed by atoms with Crippen molar-refractivity contribution in [1.29, 1.82) is 0 Å². The fourth-order valence-corrected chi connectivity index (χ4v) is 2.19. The van der Waals surface area contributed by atoms with Gasteiger partial charge < -0.3 is 30.0 Å². The fraction of sp³-hybridized carbons (Fsp3) is 0.625. The van der Waals surface area contributed by atoms with Gasteiger partial charge >= 0.3 is 58.5 Å². The van der Waals surface area contributed by atoms with Gasteiger partial charge in [0.05, 0.1) is 19.8 Å². The van der Waals surface area contributed by atoms with E-state index in [0.29, 0.717) is 6.42 Å². The minimum atomic E-state index is -2.62. The van der Waals surface area contributed by atoms with E-state index in [1.54, 1.807) is 4.47 Å². The third-order valence-electron chi connectivity index (χ3n) is 3.04. The largest absolute Gasteiger partial charge is 0.281 e. The first-order valence-electron chi connectivity index (χ1n) is 7.36. The van der Waals surface area contributed by atoms with E-state index in [1.165, 1.54) is 6.42 Å². The Morgan fingerprint density at radius 3 is 1.69 bits per heavy atom. The second kappa shape index (κ2) is 26.8. The summed E-state index contributed by atoms with van der Waals surface area (Å²) in [6.45, 7) is 10.6. The molecule has 0 fully saturated rings. The van der Waals surface area contributed by atoms with E-state index >= 15 is 0 Å². The van der Waals surface area contributed by atoms with Gasteiger partial charge in [-0.05, 0) is 6.42 Å². The molecule has 0 aromatic heterocycles. The summed E-state index contributed by atoms with van der Waals surface area (Å²) in [7, 11) is -2.62. The van der Waals surface area contributed by atoms with Crippen LogP contribution in [0.25, 0.3) is 0 Å². The molecule has 1 aliphatic rings. The van der Waals surface area contributed by atoms with Gasteiger partial charge in [-0.3, -0.25) is 9.59 Å². The van der Waals surface area contributed by atoms with Gasteiger partial charge in [0.15, 0.2) is 0 Å². The van der Waals surface area contributed by atoms with Gasteiger partial charge in [-0.25, -0.2) is 0 Å². The molecule has 0 bridgehead atoms. The van der Waals surface area contributed by atoms with Gasteiger partial charge in [0, 0.05) is 5.41 Å². The number of hydrogen-bond donors (Lipinski definition) is 6. The maximum Gasteiger partial charge on any atom is 0.281 e. The van der Waals surface area contributed by atoms with Crippen molar-refractivity contribution >= 4 is 22.2 Å². The van der Waals surface area contributed by atoms with E-state index in [2.05, 4.69) is 37.6 Å². The van der Waals surface area contributed by atoms with Crippen LogP contribution in [0.1, 0.15) is 32.6 Å². The van der Waals surface area contributed by atoms with Crippen molar-refractivity contribution in [3.63, 3.8) is 0 Å². The Hall–Kier alpha value is -0.471. The minimum Gasteiger partial charge on any atom is -0.281 e. The Bertz CT molecular complexity index is 323. The van der Waals surface area contributed by atoms with Gasteiger partial charge in [-0.15, -0.1) is 0 Å². The molecule has 1 rings (SSSR count). The SMILES string of the molecule is CCCCC(CO)(CO)CO.OP(O)O.[CH3][Mn][C]1=CC=CC1.[C]=O.[C]=O. The molecule has 0 aromatic rings. The quantitative estimate of drug-likeness (QED) is 0.249. The zero-order chi connectivity index (χ0) is 21.4. The molecule has 4 radical (unpaired) electrons. The zero-order valence-electron chi connectivity index (χ0n) is 15.0. The summed E-state index contributed by atoms with van der Waals surface area (Å²) in [5, 5.41) is 26.6. The number of allylic oxidation sites excluding steroid dienone is 4. The van der Waals surface area contributed by atoms with Crippen molar-refractivity contribution in [2.45, 2.75) is 38.4 Å². The van der Waals surface area contributed by atoms with Crippen LogP contribution in [0.4, 0.5) is 0 Å². The second-order valence-corrected chi connectivity index (χ2v) is 6.67. The molecular formula is C16H29MnO8P. The Kier molecular flexibility index (Phi) is 34.1. The summed E-state index contributed by atoms with van der Waals surface area (Å²) >= 11 is 0.984. The molecule has 0 atom stereocenters. The summed E-state index contributed by atoms with van der Waals surface area (Å²) in [4.78, 5) is 36.7. The predicted octanol–water partition coefficient (Wildman–Crippen LogP) is 0.497. The smallest absolute Gasteiger partial charge is 0.281 e. The summed E-state index contributed by atoms with van der Waals surface area (Å²) in [5.41, 5.74) is -0.657. The van der Waals surface area contributed by atoms with E-state index in [4.69, 9.17) is 39.6 Å². The molecule has 0 aliphatic heterocycles. The molecule has 0 aromatic carbocycles. The van der Waals surface area contributed by atoms with E-state index in [1.807, 2.05) is 6.92 Å². The molecule has 8 nitrogen and oxygen atoms in total. The van der Waals surface area contributed by atoms with Crippen LogP contribution >= 0.6 is 8.60 Å². The molecule has 10 heteroatoms. The molecule has 0 saturated carbocycles. The topological polar surface area (TPSA) is 156 Å². The second-order valence-electron chi connectivity index (χ2n) is 4.78. The van der Waals surface area contributed by atoms with E-state index in [9.17, 15) is 0 Å². The molecular weight excluding hydrogens is 406 g/mol. The average molecular weight is 435 g/mol. The fourth-order valence-electron chi connectivity index (χ4n) is 1.50.